The van der Waals surface area contributed by atoms with Gasteiger partial charge in [0.15, 0.2) is 0 Å². The molecule has 15 heavy (non-hydrogen) atoms. The van der Waals surface area contributed by atoms with Crippen molar-refractivity contribution in [3.63, 3.8) is 0 Å². The first-order valence-corrected chi connectivity index (χ1v) is 4.92. The van der Waals surface area contributed by atoms with Crippen molar-refractivity contribution in [1.82, 2.24) is 0 Å². The number of aliphatic hydroxyl groups excluding tert-OH is 2. The minimum atomic E-state index is -1.18. The molecule has 1 atom stereocenters. The fourth-order valence-corrected chi connectivity index (χ4v) is 1.23. The van der Waals surface area contributed by atoms with E-state index < -0.39 is 11.9 Å². The lowest BCUT2D eigenvalue weighted by molar-refractivity contribution is 0.140. The van der Waals surface area contributed by atoms with Crippen LogP contribution in [-0.4, -0.2) is 22.9 Å². The molecule has 0 radical (unpaired) electrons. The van der Waals surface area contributed by atoms with E-state index in [4.69, 9.17) is 5.11 Å². The molecule has 1 aromatic rings. The van der Waals surface area contributed by atoms with Crippen LogP contribution in [0.4, 0.5) is 4.39 Å². The molecule has 1 aromatic carbocycles. The minimum absolute atomic E-state index is 0.0388. The summed E-state index contributed by atoms with van der Waals surface area (Å²) in [6, 6.07) is 9.44. The van der Waals surface area contributed by atoms with Gasteiger partial charge >= 0.3 is 0 Å². The molecule has 0 fully saturated rings. The third kappa shape index (κ3) is 4.23. The van der Waals surface area contributed by atoms with Gasteiger partial charge < -0.3 is 10.2 Å². The predicted molar refractivity (Wildman–Crippen MR) is 57.0 cm³/mol. The highest BCUT2D eigenvalue weighted by atomic mass is 19.1. The number of hydrogen-bond acceptors (Lipinski definition) is 2. The second-order valence-corrected chi connectivity index (χ2v) is 3.31. The van der Waals surface area contributed by atoms with E-state index in [0.717, 1.165) is 5.56 Å². The van der Waals surface area contributed by atoms with Crippen LogP contribution in [0.1, 0.15) is 12.0 Å². The first-order valence-electron chi connectivity index (χ1n) is 4.92. The van der Waals surface area contributed by atoms with Gasteiger partial charge in [0.05, 0.1) is 0 Å². The van der Waals surface area contributed by atoms with Crippen molar-refractivity contribution in [3.05, 3.63) is 47.8 Å². The van der Waals surface area contributed by atoms with Crippen molar-refractivity contribution < 1.29 is 14.6 Å². The highest BCUT2D eigenvalue weighted by Gasteiger charge is 2.08. The van der Waals surface area contributed by atoms with E-state index in [9.17, 15) is 9.50 Å². The average molecular weight is 210 g/mol. The summed E-state index contributed by atoms with van der Waals surface area (Å²) in [5.41, 5.74) is 0.990. The van der Waals surface area contributed by atoms with E-state index in [-0.39, 0.29) is 13.0 Å². The van der Waals surface area contributed by atoms with Crippen molar-refractivity contribution >= 4 is 0 Å². The van der Waals surface area contributed by atoms with Gasteiger partial charge in [0.25, 0.3) is 0 Å². The Labute approximate surface area is 88.7 Å². The summed E-state index contributed by atoms with van der Waals surface area (Å²) >= 11 is 0. The minimum Gasteiger partial charge on any atom is -0.396 e. The molecular weight excluding hydrogens is 195 g/mol. The van der Waals surface area contributed by atoms with Gasteiger partial charge in [-0.3, -0.25) is 0 Å². The van der Waals surface area contributed by atoms with Crippen LogP contribution in [0.15, 0.2) is 42.2 Å². The summed E-state index contributed by atoms with van der Waals surface area (Å²) in [7, 11) is 0. The van der Waals surface area contributed by atoms with Gasteiger partial charge in [-0.25, -0.2) is 4.39 Å². The molecule has 0 aliphatic heterocycles. The van der Waals surface area contributed by atoms with E-state index in [1.807, 2.05) is 30.3 Å². The van der Waals surface area contributed by atoms with Crippen molar-refractivity contribution in [2.24, 2.45) is 0 Å². The van der Waals surface area contributed by atoms with Crippen LogP contribution in [0.5, 0.6) is 0 Å². The fraction of sp³-hybridized carbons (Fsp3) is 0.333. The first-order chi connectivity index (χ1) is 7.24. The van der Waals surface area contributed by atoms with Gasteiger partial charge in [-0.1, -0.05) is 30.3 Å². The molecule has 3 heteroatoms. The van der Waals surface area contributed by atoms with Crippen LogP contribution in [0.25, 0.3) is 0 Å². The first kappa shape index (κ1) is 11.9. The molecule has 0 aromatic heterocycles. The lowest BCUT2D eigenvalue weighted by Crippen LogP contribution is -2.09. The van der Waals surface area contributed by atoms with Crippen LogP contribution in [0.2, 0.25) is 0 Å². The molecule has 0 saturated heterocycles. The summed E-state index contributed by atoms with van der Waals surface area (Å²) in [5.74, 6) is -0.576. The van der Waals surface area contributed by atoms with E-state index in [1.54, 1.807) is 0 Å². The Kier molecular flexibility index (Phi) is 5.01. The largest absolute Gasteiger partial charge is 0.396 e. The summed E-state index contributed by atoms with van der Waals surface area (Å²) < 4.78 is 13.2. The van der Waals surface area contributed by atoms with Crippen LogP contribution >= 0.6 is 0 Å². The van der Waals surface area contributed by atoms with Gasteiger partial charge in [0.2, 0.25) is 0 Å². The average Bonchev–Trinajstić information content (AvgIpc) is 2.27. The molecule has 1 unspecified atom stereocenters. The molecule has 0 aliphatic rings. The lowest BCUT2D eigenvalue weighted by Gasteiger charge is -2.05. The maximum atomic E-state index is 13.2. The molecular formula is C12H15FO2. The standard InChI is InChI=1S/C12H15FO2/c13-11(12(15)8-9-14)7-6-10-4-2-1-3-5-10/h1-5,7,12,14-15H,6,8-9H2/b11-7-. The van der Waals surface area contributed by atoms with Crippen molar-refractivity contribution in [3.8, 4) is 0 Å². The molecule has 0 amide bonds. The second-order valence-electron chi connectivity index (χ2n) is 3.31. The molecule has 0 aliphatic carbocycles. The van der Waals surface area contributed by atoms with E-state index in [0.29, 0.717) is 6.42 Å². The number of halogens is 1. The quantitative estimate of drug-likeness (QED) is 0.778. The van der Waals surface area contributed by atoms with Gasteiger partial charge in [-0.2, -0.15) is 0 Å². The molecule has 2 nitrogen and oxygen atoms in total. The number of benzene rings is 1. The Balaban J connectivity index is 2.50. The van der Waals surface area contributed by atoms with Crippen molar-refractivity contribution in [2.75, 3.05) is 6.61 Å². The maximum Gasteiger partial charge on any atom is 0.125 e. The van der Waals surface area contributed by atoms with E-state index in [1.165, 1.54) is 6.08 Å². The molecule has 0 bridgehead atoms. The van der Waals surface area contributed by atoms with Crippen LogP contribution in [0, 0.1) is 0 Å². The molecule has 0 saturated carbocycles. The van der Waals surface area contributed by atoms with Crippen LogP contribution in [0.3, 0.4) is 0 Å². The van der Waals surface area contributed by atoms with Gasteiger partial charge in [-0.15, -0.1) is 0 Å². The Morgan fingerprint density at radius 2 is 2.00 bits per heavy atom. The third-order valence-corrected chi connectivity index (χ3v) is 2.10. The normalized spacial score (nSPS) is 13.9. The number of hydrogen-bond donors (Lipinski definition) is 2. The number of allylic oxidation sites excluding steroid dienone is 1. The Morgan fingerprint density at radius 1 is 1.33 bits per heavy atom. The Hall–Kier alpha value is -1.19. The second kappa shape index (κ2) is 6.32. The van der Waals surface area contributed by atoms with Crippen molar-refractivity contribution in [2.45, 2.75) is 18.9 Å². The Bertz CT molecular complexity index is 309. The SMILES string of the molecule is OCCC(O)/C(F)=C/Cc1ccccc1. The zero-order valence-electron chi connectivity index (χ0n) is 8.44. The fourth-order valence-electron chi connectivity index (χ4n) is 1.23. The van der Waals surface area contributed by atoms with Gasteiger partial charge in [0, 0.05) is 13.0 Å². The van der Waals surface area contributed by atoms with Crippen LogP contribution < -0.4 is 0 Å². The summed E-state index contributed by atoms with van der Waals surface area (Å²) in [4.78, 5) is 0. The number of rotatable bonds is 5. The zero-order valence-corrected chi connectivity index (χ0v) is 8.44. The summed E-state index contributed by atoms with van der Waals surface area (Å²) in [6.45, 7) is -0.215. The molecule has 82 valence electrons. The molecule has 1 rings (SSSR count). The Morgan fingerprint density at radius 3 is 2.60 bits per heavy atom. The monoisotopic (exact) mass is 210 g/mol. The maximum absolute atomic E-state index is 13.2. The smallest absolute Gasteiger partial charge is 0.125 e. The molecule has 0 heterocycles. The highest BCUT2D eigenvalue weighted by Crippen LogP contribution is 2.10. The van der Waals surface area contributed by atoms with Gasteiger partial charge in [0.1, 0.15) is 11.9 Å². The summed E-state index contributed by atoms with van der Waals surface area (Å²) in [6.07, 6.45) is 0.654. The van der Waals surface area contributed by atoms with Crippen LogP contribution in [-0.2, 0) is 6.42 Å². The molecule has 0 spiro atoms. The highest BCUT2D eigenvalue weighted by molar-refractivity contribution is 5.18. The zero-order chi connectivity index (χ0) is 11.1. The number of aliphatic hydroxyl groups is 2. The predicted octanol–water partition coefficient (Wildman–Crippen LogP) is 1.83. The third-order valence-electron chi connectivity index (χ3n) is 2.10. The topological polar surface area (TPSA) is 40.5 Å². The van der Waals surface area contributed by atoms with E-state index in [2.05, 4.69) is 0 Å². The van der Waals surface area contributed by atoms with Crippen molar-refractivity contribution in [1.29, 1.82) is 0 Å². The molecule has 2 N–H and O–H groups in total. The van der Waals surface area contributed by atoms with E-state index >= 15 is 0 Å². The van der Waals surface area contributed by atoms with Gasteiger partial charge in [-0.05, 0) is 18.1 Å². The lowest BCUT2D eigenvalue weighted by atomic mass is 10.1. The summed E-state index contributed by atoms with van der Waals surface area (Å²) in [5, 5.41) is 17.7.